The molecule has 118 valence electrons. The molecule has 0 radical (unpaired) electrons. The van der Waals surface area contributed by atoms with Crippen molar-refractivity contribution >= 4 is 5.91 Å². The van der Waals surface area contributed by atoms with Crippen LogP contribution in [0.3, 0.4) is 0 Å². The van der Waals surface area contributed by atoms with E-state index in [4.69, 9.17) is 4.74 Å². The highest BCUT2D eigenvalue weighted by atomic mass is 16.5. The number of allylic oxidation sites excluding steroid dienone is 2. The Bertz CT molecular complexity index is 410. The summed E-state index contributed by atoms with van der Waals surface area (Å²) in [6.45, 7) is 4.26. The third kappa shape index (κ3) is 2.76. The van der Waals surface area contributed by atoms with Gasteiger partial charge >= 0.3 is 0 Å². The summed E-state index contributed by atoms with van der Waals surface area (Å²) in [5, 5.41) is 10.2. The second-order valence-electron chi connectivity index (χ2n) is 6.78. The average Bonchev–Trinajstić information content (AvgIpc) is 3.00. The van der Waals surface area contributed by atoms with E-state index in [0.717, 1.165) is 45.2 Å². The minimum atomic E-state index is -0.246. The zero-order valence-corrected chi connectivity index (χ0v) is 13.0. The lowest BCUT2D eigenvalue weighted by atomic mass is 9.58. The van der Waals surface area contributed by atoms with Crippen molar-refractivity contribution in [3.8, 4) is 0 Å². The molecule has 1 saturated heterocycles. The molecule has 4 heteroatoms. The summed E-state index contributed by atoms with van der Waals surface area (Å²) in [5.41, 5.74) is -0.0833. The maximum Gasteiger partial charge on any atom is 0.223 e. The zero-order valence-electron chi connectivity index (χ0n) is 13.0. The summed E-state index contributed by atoms with van der Waals surface area (Å²) in [5.74, 6) is 0.724. The molecule has 1 saturated carbocycles. The lowest BCUT2D eigenvalue weighted by molar-refractivity contribution is -0.210. The van der Waals surface area contributed by atoms with E-state index < -0.39 is 0 Å². The van der Waals surface area contributed by atoms with Crippen LogP contribution in [0.2, 0.25) is 0 Å². The number of aliphatic hydroxyl groups is 1. The van der Waals surface area contributed by atoms with Gasteiger partial charge in [0, 0.05) is 38.0 Å². The van der Waals surface area contributed by atoms with E-state index in [9.17, 15) is 9.90 Å². The van der Waals surface area contributed by atoms with E-state index in [1.165, 1.54) is 0 Å². The van der Waals surface area contributed by atoms with Gasteiger partial charge in [0.1, 0.15) is 0 Å². The minimum absolute atomic E-state index is 0.0833. The first-order chi connectivity index (χ1) is 10.2. The number of piperidine rings is 1. The topological polar surface area (TPSA) is 49.8 Å². The van der Waals surface area contributed by atoms with Crippen molar-refractivity contribution in [2.45, 2.75) is 57.7 Å². The standard InChI is InChI=1S/C17H27NO3/c1-2-21-15-12-14(19)17(15)7-9-18(10-8-17)16(20)11-13-5-3-4-6-13/h3,5,13-15,19H,2,4,6-12H2,1H3/t13-,14-,15+/m0/s1. The number of carbonyl (C=O) groups is 1. The molecule has 3 aliphatic rings. The second-order valence-corrected chi connectivity index (χ2v) is 6.78. The third-order valence-electron chi connectivity index (χ3n) is 5.71. The fraction of sp³-hybridized carbons (Fsp3) is 0.824. The van der Waals surface area contributed by atoms with Crippen molar-refractivity contribution in [2.75, 3.05) is 19.7 Å². The first-order valence-electron chi connectivity index (χ1n) is 8.40. The lowest BCUT2D eigenvalue weighted by Crippen LogP contribution is -2.62. The Hall–Kier alpha value is -0.870. The fourth-order valence-corrected chi connectivity index (χ4v) is 4.21. The van der Waals surface area contributed by atoms with Crippen LogP contribution in [0.25, 0.3) is 0 Å². The number of likely N-dealkylation sites (tertiary alicyclic amines) is 1. The normalized spacial score (nSPS) is 34.2. The lowest BCUT2D eigenvalue weighted by Gasteiger charge is -2.56. The van der Waals surface area contributed by atoms with Gasteiger partial charge in [-0.1, -0.05) is 12.2 Å². The summed E-state index contributed by atoms with van der Waals surface area (Å²) in [6.07, 6.45) is 9.71. The van der Waals surface area contributed by atoms with Crippen LogP contribution in [0.4, 0.5) is 0 Å². The molecule has 2 aliphatic carbocycles. The number of amides is 1. The molecule has 1 spiro atoms. The Morgan fingerprint density at radius 3 is 2.76 bits per heavy atom. The van der Waals surface area contributed by atoms with Gasteiger partial charge in [-0.05, 0) is 38.5 Å². The summed E-state index contributed by atoms with van der Waals surface area (Å²) >= 11 is 0. The zero-order chi connectivity index (χ0) is 14.9. The molecular formula is C17H27NO3. The SMILES string of the molecule is CCO[C@@H]1C[C@H](O)C12CCN(C(=O)C[C@H]1C=CCC1)CC2. The van der Waals surface area contributed by atoms with E-state index in [-0.39, 0.29) is 23.5 Å². The van der Waals surface area contributed by atoms with Gasteiger partial charge in [0.25, 0.3) is 0 Å². The maximum atomic E-state index is 12.4. The highest BCUT2D eigenvalue weighted by Gasteiger charge is 2.56. The highest BCUT2D eigenvalue weighted by Crippen LogP contribution is 2.51. The van der Waals surface area contributed by atoms with Crippen LogP contribution < -0.4 is 0 Å². The van der Waals surface area contributed by atoms with Gasteiger partial charge < -0.3 is 14.7 Å². The van der Waals surface area contributed by atoms with Crippen LogP contribution in [0.5, 0.6) is 0 Å². The van der Waals surface area contributed by atoms with Crippen molar-refractivity contribution in [1.82, 2.24) is 4.90 Å². The van der Waals surface area contributed by atoms with Crippen LogP contribution >= 0.6 is 0 Å². The predicted molar refractivity (Wildman–Crippen MR) is 80.8 cm³/mol. The Labute approximate surface area is 127 Å². The van der Waals surface area contributed by atoms with E-state index in [1.54, 1.807) is 0 Å². The number of hydrogen-bond acceptors (Lipinski definition) is 3. The molecular weight excluding hydrogens is 266 g/mol. The van der Waals surface area contributed by atoms with Crippen molar-refractivity contribution in [2.24, 2.45) is 11.3 Å². The van der Waals surface area contributed by atoms with Gasteiger partial charge in [-0.3, -0.25) is 4.79 Å². The number of aliphatic hydroxyl groups excluding tert-OH is 1. The van der Waals surface area contributed by atoms with Crippen molar-refractivity contribution in [1.29, 1.82) is 0 Å². The van der Waals surface area contributed by atoms with Crippen LogP contribution in [0.1, 0.15) is 45.4 Å². The molecule has 1 heterocycles. The Balaban J connectivity index is 1.52. The van der Waals surface area contributed by atoms with E-state index >= 15 is 0 Å². The Morgan fingerprint density at radius 1 is 1.43 bits per heavy atom. The first-order valence-corrected chi connectivity index (χ1v) is 8.40. The van der Waals surface area contributed by atoms with Gasteiger partial charge in [0.05, 0.1) is 12.2 Å². The Kier molecular flexibility index (Phi) is 4.36. The van der Waals surface area contributed by atoms with E-state index in [2.05, 4.69) is 12.2 Å². The maximum absolute atomic E-state index is 12.4. The largest absolute Gasteiger partial charge is 0.392 e. The highest BCUT2D eigenvalue weighted by molar-refractivity contribution is 5.76. The van der Waals surface area contributed by atoms with Gasteiger partial charge in [0.15, 0.2) is 0 Å². The average molecular weight is 293 g/mol. The monoisotopic (exact) mass is 293 g/mol. The van der Waals surface area contributed by atoms with Crippen LogP contribution in [-0.4, -0.2) is 47.8 Å². The summed E-state index contributed by atoms with van der Waals surface area (Å²) in [6, 6.07) is 0. The van der Waals surface area contributed by atoms with Gasteiger partial charge in [-0.2, -0.15) is 0 Å². The van der Waals surface area contributed by atoms with Crippen LogP contribution in [0, 0.1) is 11.3 Å². The molecule has 0 aromatic carbocycles. The summed E-state index contributed by atoms with van der Waals surface area (Å²) in [4.78, 5) is 14.4. The molecule has 1 amide bonds. The molecule has 0 aromatic heterocycles. The molecule has 1 N–H and O–H groups in total. The number of ether oxygens (including phenoxy) is 1. The van der Waals surface area contributed by atoms with Crippen molar-refractivity contribution in [3.05, 3.63) is 12.2 Å². The molecule has 0 unspecified atom stereocenters. The minimum Gasteiger partial charge on any atom is -0.392 e. The van der Waals surface area contributed by atoms with E-state index in [0.29, 0.717) is 18.9 Å². The van der Waals surface area contributed by atoms with Gasteiger partial charge in [-0.15, -0.1) is 0 Å². The van der Waals surface area contributed by atoms with Crippen molar-refractivity contribution < 1.29 is 14.6 Å². The van der Waals surface area contributed by atoms with Crippen LogP contribution in [-0.2, 0) is 9.53 Å². The quantitative estimate of drug-likeness (QED) is 0.808. The first kappa shape index (κ1) is 15.0. The van der Waals surface area contributed by atoms with E-state index in [1.807, 2.05) is 11.8 Å². The molecule has 0 aromatic rings. The molecule has 0 bridgehead atoms. The Morgan fingerprint density at radius 2 is 2.19 bits per heavy atom. The number of rotatable bonds is 4. The number of hydrogen-bond donors (Lipinski definition) is 1. The molecule has 4 nitrogen and oxygen atoms in total. The fourth-order valence-electron chi connectivity index (χ4n) is 4.21. The molecule has 3 rings (SSSR count). The van der Waals surface area contributed by atoms with Crippen molar-refractivity contribution in [3.63, 3.8) is 0 Å². The molecule has 3 atom stereocenters. The number of nitrogens with zero attached hydrogens (tertiary/aromatic N) is 1. The summed E-state index contributed by atoms with van der Waals surface area (Å²) in [7, 11) is 0. The van der Waals surface area contributed by atoms with Gasteiger partial charge in [-0.25, -0.2) is 0 Å². The van der Waals surface area contributed by atoms with Gasteiger partial charge in [0.2, 0.25) is 5.91 Å². The summed E-state index contributed by atoms with van der Waals surface area (Å²) < 4.78 is 5.77. The smallest absolute Gasteiger partial charge is 0.223 e. The molecule has 2 fully saturated rings. The second kappa shape index (κ2) is 6.09. The molecule has 21 heavy (non-hydrogen) atoms. The predicted octanol–water partition coefficient (Wildman–Crippen LogP) is 2.12. The third-order valence-corrected chi connectivity index (χ3v) is 5.71. The van der Waals surface area contributed by atoms with Crippen LogP contribution in [0.15, 0.2) is 12.2 Å². The number of carbonyl (C=O) groups excluding carboxylic acids is 1. The molecule has 1 aliphatic heterocycles.